The molecule has 2 N–H and O–H groups in total. The number of furan rings is 1. The molecule has 1 aromatic heterocycles. The molecule has 0 fully saturated rings. The van der Waals surface area contributed by atoms with Crippen LogP contribution in [-0.4, -0.2) is 11.7 Å². The van der Waals surface area contributed by atoms with Gasteiger partial charge in [-0.25, -0.2) is 9.18 Å². The highest BCUT2D eigenvalue weighted by atomic mass is 19.1. The van der Waals surface area contributed by atoms with Crippen molar-refractivity contribution in [2.45, 2.75) is 39.3 Å². The summed E-state index contributed by atoms with van der Waals surface area (Å²) in [5.41, 5.74) is 1.03. The van der Waals surface area contributed by atoms with Crippen molar-refractivity contribution in [2.75, 3.05) is 10.6 Å². The van der Waals surface area contributed by atoms with Gasteiger partial charge in [-0.3, -0.25) is 5.32 Å². The molecule has 0 bridgehead atoms. The van der Waals surface area contributed by atoms with Crippen molar-refractivity contribution in [3.63, 3.8) is 0 Å². The summed E-state index contributed by atoms with van der Waals surface area (Å²) in [5.74, 6) is -0.407. The third kappa shape index (κ3) is 5.02. The predicted molar refractivity (Wildman–Crippen MR) is 87.0 cm³/mol. The first-order valence-electron chi connectivity index (χ1n) is 7.33. The van der Waals surface area contributed by atoms with Crippen LogP contribution in [-0.2, 0) is 4.74 Å². The molecule has 124 valence electrons. The quantitative estimate of drug-likeness (QED) is 0.837. The number of anilines is 2. The second kappa shape index (κ2) is 6.73. The van der Waals surface area contributed by atoms with Gasteiger partial charge in [-0.1, -0.05) is 0 Å². The minimum absolute atomic E-state index is 0.139. The zero-order chi connectivity index (χ0) is 17.0. The summed E-state index contributed by atoms with van der Waals surface area (Å²) in [4.78, 5) is 11.8. The fraction of sp³-hybridized carbons (Fsp3) is 0.353. The van der Waals surface area contributed by atoms with Gasteiger partial charge in [0.2, 0.25) is 0 Å². The van der Waals surface area contributed by atoms with E-state index in [1.807, 2.05) is 6.92 Å². The minimum atomic E-state index is -0.596. The number of carbonyl (C=O) groups is 1. The third-order valence-corrected chi connectivity index (χ3v) is 3.03. The van der Waals surface area contributed by atoms with E-state index >= 15 is 0 Å². The van der Waals surface area contributed by atoms with Crippen molar-refractivity contribution >= 4 is 17.5 Å². The number of carbonyl (C=O) groups excluding carboxylic acids is 1. The SMILES string of the molecule is CC(Nc1cc(NC(=O)OC(C)(C)C)ccc1F)c1ccoc1. The van der Waals surface area contributed by atoms with Crippen LogP contribution >= 0.6 is 0 Å². The van der Waals surface area contributed by atoms with E-state index in [0.717, 1.165) is 5.56 Å². The highest BCUT2D eigenvalue weighted by Crippen LogP contribution is 2.25. The highest BCUT2D eigenvalue weighted by molar-refractivity contribution is 5.85. The molecule has 5 nitrogen and oxygen atoms in total. The fourth-order valence-corrected chi connectivity index (χ4v) is 1.97. The number of nitrogens with one attached hydrogen (secondary N) is 2. The standard InChI is InChI=1S/C17H21FN2O3/c1-11(12-7-8-22-10-12)19-15-9-13(5-6-14(15)18)20-16(21)23-17(2,3)4/h5-11,19H,1-4H3,(H,20,21). The molecular weight excluding hydrogens is 299 g/mol. The Hall–Kier alpha value is -2.50. The van der Waals surface area contributed by atoms with Crippen LogP contribution in [0.2, 0.25) is 0 Å². The largest absolute Gasteiger partial charge is 0.472 e. The molecule has 0 aliphatic carbocycles. The normalized spacial score (nSPS) is 12.6. The average Bonchev–Trinajstić information content (AvgIpc) is 2.94. The maximum absolute atomic E-state index is 14.0. The van der Waals surface area contributed by atoms with Crippen LogP contribution in [0.4, 0.5) is 20.6 Å². The molecule has 1 amide bonds. The van der Waals surface area contributed by atoms with Gasteiger partial charge in [0.1, 0.15) is 11.4 Å². The number of halogens is 1. The monoisotopic (exact) mass is 320 g/mol. The average molecular weight is 320 g/mol. The molecule has 0 spiro atoms. The maximum Gasteiger partial charge on any atom is 0.412 e. The van der Waals surface area contributed by atoms with E-state index < -0.39 is 17.5 Å². The van der Waals surface area contributed by atoms with E-state index in [1.54, 1.807) is 39.4 Å². The van der Waals surface area contributed by atoms with Gasteiger partial charge >= 0.3 is 6.09 Å². The van der Waals surface area contributed by atoms with Crippen LogP contribution in [0.25, 0.3) is 0 Å². The van der Waals surface area contributed by atoms with Crippen LogP contribution in [0.3, 0.4) is 0 Å². The molecular formula is C17H21FN2O3. The van der Waals surface area contributed by atoms with E-state index in [-0.39, 0.29) is 11.7 Å². The molecule has 2 aromatic rings. The topological polar surface area (TPSA) is 63.5 Å². The predicted octanol–water partition coefficient (Wildman–Crippen LogP) is 4.94. The third-order valence-electron chi connectivity index (χ3n) is 3.03. The van der Waals surface area contributed by atoms with Crippen molar-refractivity contribution in [1.29, 1.82) is 0 Å². The van der Waals surface area contributed by atoms with Gasteiger partial charge in [0, 0.05) is 11.3 Å². The number of amides is 1. The molecule has 0 aliphatic heterocycles. The molecule has 6 heteroatoms. The van der Waals surface area contributed by atoms with E-state index in [0.29, 0.717) is 5.69 Å². The van der Waals surface area contributed by atoms with Crippen LogP contribution in [0, 0.1) is 5.82 Å². The van der Waals surface area contributed by atoms with Crippen LogP contribution in [0.1, 0.15) is 39.3 Å². The van der Waals surface area contributed by atoms with Gasteiger partial charge in [-0.2, -0.15) is 0 Å². The molecule has 1 heterocycles. The van der Waals surface area contributed by atoms with E-state index in [9.17, 15) is 9.18 Å². The second-order valence-electron chi connectivity index (χ2n) is 6.24. The molecule has 23 heavy (non-hydrogen) atoms. The lowest BCUT2D eigenvalue weighted by Gasteiger charge is -2.20. The number of benzene rings is 1. The van der Waals surface area contributed by atoms with Gasteiger partial charge in [-0.15, -0.1) is 0 Å². The lowest BCUT2D eigenvalue weighted by Crippen LogP contribution is -2.27. The first-order chi connectivity index (χ1) is 10.7. The van der Waals surface area contributed by atoms with Crippen LogP contribution in [0.5, 0.6) is 0 Å². The molecule has 1 aromatic carbocycles. The summed E-state index contributed by atoms with van der Waals surface area (Å²) < 4.78 is 24.1. The lowest BCUT2D eigenvalue weighted by atomic mass is 10.1. The number of hydrogen-bond donors (Lipinski definition) is 2. The Kier molecular flexibility index (Phi) is 4.93. The fourth-order valence-electron chi connectivity index (χ4n) is 1.97. The first kappa shape index (κ1) is 16.9. The van der Waals surface area contributed by atoms with Crippen molar-refractivity contribution in [2.24, 2.45) is 0 Å². The van der Waals surface area contributed by atoms with Gasteiger partial charge in [0.15, 0.2) is 0 Å². The smallest absolute Gasteiger partial charge is 0.412 e. The number of ether oxygens (including phenoxy) is 1. The molecule has 0 saturated carbocycles. The Bertz CT molecular complexity index is 663. The summed E-state index contributed by atoms with van der Waals surface area (Å²) in [6.45, 7) is 7.21. The Labute approximate surface area is 134 Å². The first-order valence-corrected chi connectivity index (χ1v) is 7.33. The summed E-state index contributed by atoms with van der Waals surface area (Å²) in [6, 6.07) is 5.96. The number of hydrogen-bond acceptors (Lipinski definition) is 4. The Morgan fingerprint density at radius 2 is 2.04 bits per heavy atom. The second-order valence-corrected chi connectivity index (χ2v) is 6.24. The van der Waals surface area contributed by atoms with Crippen molar-refractivity contribution in [1.82, 2.24) is 0 Å². The van der Waals surface area contributed by atoms with E-state index in [1.165, 1.54) is 18.2 Å². The van der Waals surface area contributed by atoms with Crippen molar-refractivity contribution in [3.05, 3.63) is 48.2 Å². The van der Waals surface area contributed by atoms with Gasteiger partial charge in [0.05, 0.1) is 24.3 Å². The molecule has 1 unspecified atom stereocenters. The Balaban J connectivity index is 2.08. The molecule has 0 radical (unpaired) electrons. The van der Waals surface area contributed by atoms with Crippen LogP contribution in [0.15, 0.2) is 41.2 Å². The molecule has 1 atom stereocenters. The Morgan fingerprint density at radius 1 is 1.30 bits per heavy atom. The summed E-state index contributed by atoms with van der Waals surface area (Å²) in [5, 5.41) is 5.64. The minimum Gasteiger partial charge on any atom is -0.472 e. The zero-order valence-corrected chi connectivity index (χ0v) is 13.6. The number of rotatable bonds is 4. The van der Waals surface area contributed by atoms with Crippen molar-refractivity contribution in [3.8, 4) is 0 Å². The molecule has 0 saturated heterocycles. The summed E-state index contributed by atoms with van der Waals surface area (Å²) >= 11 is 0. The highest BCUT2D eigenvalue weighted by Gasteiger charge is 2.17. The van der Waals surface area contributed by atoms with Crippen LogP contribution < -0.4 is 10.6 Å². The van der Waals surface area contributed by atoms with Crippen molar-refractivity contribution < 1.29 is 18.3 Å². The molecule has 2 rings (SSSR count). The Morgan fingerprint density at radius 3 is 2.65 bits per heavy atom. The van der Waals surface area contributed by atoms with E-state index in [4.69, 9.17) is 9.15 Å². The van der Waals surface area contributed by atoms with Gasteiger partial charge in [0.25, 0.3) is 0 Å². The lowest BCUT2D eigenvalue weighted by molar-refractivity contribution is 0.0636. The van der Waals surface area contributed by atoms with Gasteiger partial charge < -0.3 is 14.5 Å². The zero-order valence-electron chi connectivity index (χ0n) is 13.6. The summed E-state index contributed by atoms with van der Waals surface area (Å²) in [6.07, 6.45) is 2.57. The maximum atomic E-state index is 14.0. The summed E-state index contributed by atoms with van der Waals surface area (Å²) in [7, 11) is 0. The van der Waals surface area contributed by atoms with E-state index in [2.05, 4.69) is 10.6 Å². The molecule has 0 aliphatic rings. The van der Waals surface area contributed by atoms with Gasteiger partial charge in [-0.05, 0) is 52.0 Å².